The minimum atomic E-state index is -0.704. The zero-order chi connectivity index (χ0) is 20.9. The lowest BCUT2D eigenvalue weighted by atomic mass is 9.89. The molecule has 0 aliphatic heterocycles. The van der Waals surface area contributed by atoms with Gasteiger partial charge in [0.2, 0.25) is 11.8 Å². The number of amides is 2. The number of hydrogen-bond donors (Lipinski definition) is 3. The molecular weight excluding hydrogens is 378 g/mol. The van der Waals surface area contributed by atoms with E-state index in [-0.39, 0.29) is 30.1 Å². The van der Waals surface area contributed by atoms with Crippen LogP contribution in [0, 0.1) is 5.92 Å². The molecule has 0 bridgehead atoms. The van der Waals surface area contributed by atoms with Crippen molar-refractivity contribution >= 4 is 34.1 Å². The molecule has 156 valence electrons. The summed E-state index contributed by atoms with van der Waals surface area (Å²) in [6.07, 6.45) is 3.98. The third-order valence-electron chi connectivity index (χ3n) is 4.73. The highest BCUT2D eigenvalue weighted by atomic mass is 32.1. The molecule has 0 radical (unpaired) electrons. The summed E-state index contributed by atoms with van der Waals surface area (Å²) in [7, 11) is 0. The Morgan fingerprint density at radius 1 is 1.36 bits per heavy atom. The molecule has 1 aliphatic rings. The van der Waals surface area contributed by atoms with Crippen molar-refractivity contribution in [3.8, 4) is 0 Å². The van der Waals surface area contributed by atoms with Gasteiger partial charge < -0.3 is 15.7 Å². The first-order chi connectivity index (χ1) is 13.1. The van der Waals surface area contributed by atoms with Gasteiger partial charge in [0.1, 0.15) is 0 Å². The maximum Gasteiger partial charge on any atom is 0.226 e. The monoisotopic (exact) mass is 409 g/mol. The van der Waals surface area contributed by atoms with Crippen LogP contribution in [0.2, 0.25) is 0 Å². The Labute approximate surface area is 170 Å². The predicted molar refractivity (Wildman–Crippen MR) is 110 cm³/mol. The van der Waals surface area contributed by atoms with E-state index in [0.717, 1.165) is 19.3 Å². The fraction of sp³-hybridized carbons (Fsp3) is 0.700. The highest BCUT2D eigenvalue weighted by molar-refractivity contribution is 7.17. The summed E-state index contributed by atoms with van der Waals surface area (Å²) in [5, 5.41) is 15.9. The number of carbonyl (C=O) groups is 3. The Morgan fingerprint density at radius 3 is 2.71 bits per heavy atom. The van der Waals surface area contributed by atoms with Gasteiger partial charge in [-0.2, -0.15) is 0 Å². The summed E-state index contributed by atoms with van der Waals surface area (Å²) in [5.41, 5.74) is -0.104. The number of hydrogen-bond acceptors (Lipinski definition) is 6. The maximum atomic E-state index is 12.6. The van der Waals surface area contributed by atoms with Crippen molar-refractivity contribution in [2.75, 3.05) is 5.32 Å². The van der Waals surface area contributed by atoms with Gasteiger partial charge in [-0.3, -0.25) is 14.4 Å². The second-order valence-corrected chi connectivity index (χ2v) is 9.23. The van der Waals surface area contributed by atoms with E-state index in [1.54, 1.807) is 13.8 Å². The summed E-state index contributed by atoms with van der Waals surface area (Å²) in [6, 6.07) is -0.0225. The lowest BCUT2D eigenvalue weighted by Crippen LogP contribution is -2.40. The molecule has 1 heterocycles. The molecule has 8 heteroatoms. The average Bonchev–Trinajstić information content (AvgIpc) is 2.96. The largest absolute Gasteiger partial charge is 0.390 e. The number of rotatable bonds is 9. The summed E-state index contributed by atoms with van der Waals surface area (Å²) >= 11 is 1.19. The van der Waals surface area contributed by atoms with Crippen LogP contribution in [0.5, 0.6) is 0 Å². The van der Waals surface area contributed by atoms with E-state index in [0.29, 0.717) is 35.0 Å². The molecule has 1 aliphatic carbocycles. The molecule has 1 aromatic rings. The van der Waals surface area contributed by atoms with Crippen molar-refractivity contribution in [2.45, 2.75) is 84.3 Å². The number of nitrogens with one attached hydrogen (secondary N) is 2. The molecule has 0 saturated heterocycles. The molecule has 3 N–H and O–H groups in total. The van der Waals surface area contributed by atoms with Crippen LogP contribution in [0.3, 0.4) is 0 Å². The van der Waals surface area contributed by atoms with Crippen molar-refractivity contribution in [2.24, 2.45) is 5.92 Å². The number of nitrogens with zero attached hydrogens (tertiary/aromatic N) is 1. The number of fused-ring (bicyclic) bond motifs is 1. The summed E-state index contributed by atoms with van der Waals surface area (Å²) in [4.78, 5) is 41.7. The highest BCUT2D eigenvalue weighted by Gasteiger charge is 2.33. The Morgan fingerprint density at radius 2 is 2.07 bits per heavy atom. The van der Waals surface area contributed by atoms with E-state index < -0.39 is 11.5 Å². The van der Waals surface area contributed by atoms with Crippen LogP contribution >= 0.6 is 11.3 Å². The van der Waals surface area contributed by atoms with Gasteiger partial charge in [-0.1, -0.05) is 18.3 Å². The van der Waals surface area contributed by atoms with Crippen molar-refractivity contribution < 1.29 is 19.5 Å². The molecule has 7 nitrogen and oxygen atoms in total. The predicted octanol–water partition coefficient (Wildman–Crippen LogP) is 3.07. The molecule has 0 spiro atoms. The second-order valence-electron chi connectivity index (χ2n) is 8.24. The van der Waals surface area contributed by atoms with Gasteiger partial charge in [-0.05, 0) is 46.5 Å². The van der Waals surface area contributed by atoms with Crippen LogP contribution in [0.25, 0.3) is 0 Å². The number of aliphatic hydroxyl groups is 1. The number of carbonyl (C=O) groups excluding carboxylic acids is 3. The molecule has 2 atom stereocenters. The lowest BCUT2D eigenvalue weighted by molar-refractivity contribution is -0.125. The minimum Gasteiger partial charge on any atom is -0.390 e. The molecule has 2 amide bonds. The fourth-order valence-corrected chi connectivity index (χ4v) is 4.21. The van der Waals surface area contributed by atoms with E-state index in [4.69, 9.17) is 0 Å². The zero-order valence-electron chi connectivity index (χ0n) is 17.1. The fourth-order valence-electron chi connectivity index (χ4n) is 3.25. The van der Waals surface area contributed by atoms with Crippen molar-refractivity contribution in [3.05, 3.63) is 10.6 Å². The summed E-state index contributed by atoms with van der Waals surface area (Å²) < 4.78 is 0. The van der Waals surface area contributed by atoms with E-state index in [9.17, 15) is 19.5 Å². The average molecular weight is 410 g/mol. The number of thiazole rings is 1. The Kier molecular flexibility index (Phi) is 7.71. The second kappa shape index (κ2) is 9.60. The topological polar surface area (TPSA) is 108 Å². The van der Waals surface area contributed by atoms with Gasteiger partial charge in [-0.15, -0.1) is 0 Å². The van der Waals surface area contributed by atoms with Crippen molar-refractivity contribution in [1.82, 2.24) is 10.3 Å². The van der Waals surface area contributed by atoms with Gasteiger partial charge in [0.05, 0.1) is 22.1 Å². The molecule has 1 aromatic heterocycles. The molecule has 0 saturated carbocycles. The normalized spacial score (nSPS) is 17.8. The van der Waals surface area contributed by atoms with Crippen molar-refractivity contribution in [1.29, 1.82) is 0 Å². The smallest absolute Gasteiger partial charge is 0.226 e. The quantitative estimate of drug-likeness (QED) is 0.581. The number of anilines is 1. The summed E-state index contributed by atoms with van der Waals surface area (Å²) in [6.45, 7) is 7.40. The van der Waals surface area contributed by atoms with E-state index in [1.165, 1.54) is 11.3 Å². The zero-order valence-corrected chi connectivity index (χ0v) is 17.9. The van der Waals surface area contributed by atoms with Gasteiger partial charge in [-0.25, -0.2) is 4.98 Å². The number of ketones is 1. The Balaban J connectivity index is 1.91. The van der Waals surface area contributed by atoms with E-state index >= 15 is 0 Å². The van der Waals surface area contributed by atoms with Crippen LogP contribution in [-0.2, 0) is 16.0 Å². The third kappa shape index (κ3) is 6.67. The lowest BCUT2D eigenvalue weighted by Gasteiger charge is -2.23. The first-order valence-electron chi connectivity index (χ1n) is 9.94. The van der Waals surface area contributed by atoms with E-state index in [2.05, 4.69) is 15.6 Å². The minimum absolute atomic E-state index is 0.0225. The van der Waals surface area contributed by atoms with Gasteiger partial charge in [0.15, 0.2) is 10.9 Å². The Hall–Kier alpha value is -1.80. The van der Waals surface area contributed by atoms with Crippen LogP contribution in [0.15, 0.2) is 0 Å². The molecule has 0 fully saturated rings. The first-order valence-corrected chi connectivity index (χ1v) is 10.8. The number of Topliss-reactive ketones (excluding diaryl/α,β-unsaturated/α-hetero) is 1. The van der Waals surface area contributed by atoms with Crippen LogP contribution in [-0.4, -0.2) is 39.3 Å². The van der Waals surface area contributed by atoms with Gasteiger partial charge in [0.25, 0.3) is 0 Å². The van der Waals surface area contributed by atoms with Crippen LogP contribution < -0.4 is 10.6 Å². The standard InChI is InChI=1S/C20H31N3O4S/c1-5-7-16(25)23-19-22-14-10-13(11-15(24)17(14)28-19)18(26)21-12(2)8-6-9-20(3,4)27/h12-13,27H,5-11H2,1-4H3,(H,21,26)(H,22,23,25)/t12-,13-/m1/s1. The molecule has 0 unspecified atom stereocenters. The SMILES string of the molecule is CCCC(=O)Nc1nc2c(s1)C(=O)C[C@H](C(=O)N[C@H](C)CCCC(C)(C)O)C2. The van der Waals surface area contributed by atoms with E-state index in [1.807, 2.05) is 13.8 Å². The van der Waals surface area contributed by atoms with Crippen LogP contribution in [0.1, 0.15) is 81.6 Å². The summed E-state index contributed by atoms with van der Waals surface area (Å²) in [5.74, 6) is -0.780. The first kappa shape index (κ1) is 22.5. The van der Waals surface area contributed by atoms with Gasteiger partial charge >= 0.3 is 0 Å². The molecular formula is C20H31N3O4S. The number of aromatic nitrogens is 1. The maximum absolute atomic E-state index is 12.6. The van der Waals surface area contributed by atoms with Gasteiger partial charge in [0, 0.05) is 25.3 Å². The third-order valence-corrected chi connectivity index (χ3v) is 5.78. The molecule has 28 heavy (non-hydrogen) atoms. The molecule has 2 rings (SSSR count). The Bertz CT molecular complexity index is 724. The molecule has 0 aromatic carbocycles. The van der Waals surface area contributed by atoms with Crippen LogP contribution in [0.4, 0.5) is 5.13 Å². The highest BCUT2D eigenvalue weighted by Crippen LogP contribution is 2.32. The van der Waals surface area contributed by atoms with Crippen molar-refractivity contribution in [3.63, 3.8) is 0 Å².